The summed E-state index contributed by atoms with van der Waals surface area (Å²) in [4.78, 5) is 24.7. The van der Waals surface area contributed by atoms with Gasteiger partial charge in [-0.15, -0.1) is 0 Å². The van der Waals surface area contributed by atoms with Gasteiger partial charge in [-0.2, -0.15) is 4.99 Å². The van der Waals surface area contributed by atoms with Crippen molar-refractivity contribution in [2.45, 2.75) is 32.1 Å². The maximum atomic E-state index is 11.2. The summed E-state index contributed by atoms with van der Waals surface area (Å²) >= 11 is 0. The van der Waals surface area contributed by atoms with E-state index in [0.29, 0.717) is 5.92 Å². The highest BCUT2D eigenvalue weighted by molar-refractivity contribution is 5.88. The van der Waals surface area contributed by atoms with Gasteiger partial charge in [0, 0.05) is 0 Å². The lowest BCUT2D eigenvalue weighted by Crippen LogP contribution is -2.08. The molecule has 1 rings (SSSR count). The van der Waals surface area contributed by atoms with Crippen LogP contribution in [0.1, 0.15) is 32.1 Å². The minimum absolute atomic E-state index is 0.0828. The third-order valence-electron chi connectivity index (χ3n) is 2.60. The van der Waals surface area contributed by atoms with Crippen molar-refractivity contribution in [2.75, 3.05) is 7.11 Å². The summed E-state index contributed by atoms with van der Waals surface area (Å²) in [6, 6.07) is 0. The van der Waals surface area contributed by atoms with E-state index in [4.69, 9.17) is 0 Å². The van der Waals surface area contributed by atoms with Crippen LogP contribution in [0.15, 0.2) is 16.8 Å². The lowest BCUT2D eigenvalue weighted by Gasteiger charge is -2.18. The molecule has 15 heavy (non-hydrogen) atoms. The number of methoxy groups -OCH3 is 1. The number of carbonyl (C=O) groups excluding carboxylic acids is 2. The highest BCUT2D eigenvalue weighted by Gasteiger charge is 2.15. The molecule has 0 N–H and O–H groups in total. The quantitative estimate of drug-likeness (QED) is 0.309. The predicted molar refractivity (Wildman–Crippen MR) is 54.8 cm³/mol. The largest absolute Gasteiger partial charge is 0.464 e. The Bertz CT molecular complexity index is 297. The molecule has 0 aromatic heterocycles. The molecule has 0 bridgehead atoms. The highest BCUT2D eigenvalue weighted by atomic mass is 16.5. The number of rotatable bonds is 3. The smallest absolute Gasteiger partial charge is 0.357 e. The maximum absolute atomic E-state index is 11.2. The van der Waals surface area contributed by atoms with E-state index in [1.54, 1.807) is 6.08 Å². The number of nitrogens with zero attached hydrogens (tertiary/aromatic N) is 1. The second-order valence-corrected chi connectivity index (χ2v) is 3.64. The van der Waals surface area contributed by atoms with Crippen molar-refractivity contribution in [3.63, 3.8) is 0 Å². The molecule has 0 unspecified atom stereocenters. The van der Waals surface area contributed by atoms with Gasteiger partial charge < -0.3 is 4.74 Å². The molecule has 1 fully saturated rings. The third-order valence-corrected chi connectivity index (χ3v) is 2.60. The van der Waals surface area contributed by atoms with Crippen LogP contribution < -0.4 is 0 Å². The molecule has 0 atom stereocenters. The Hall–Kier alpha value is -1.41. The number of aliphatic imine (C=N–C) groups is 1. The van der Waals surface area contributed by atoms with Gasteiger partial charge in [-0.3, -0.25) is 0 Å². The van der Waals surface area contributed by atoms with Crippen molar-refractivity contribution in [1.29, 1.82) is 0 Å². The summed E-state index contributed by atoms with van der Waals surface area (Å²) in [5.74, 6) is -0.228. The van der Waals surface area contributed by atoms with Gasteiger partial charge in [0.25, 0.3) is 0 Å². The van der Waals surface area contributed by atoms with Crippen LogP contribution >= 0.6 is 0 Å². The predicted octanol–water partition coefficient (Wildman–Crippen LogP) is 1.96. The van der Waals surface area contributed by atoms with Gasteiger partial charge in [0.2, 0.25) is 6.08 Å². The van der Waals surface area contributed by atoms with E-state index in [2.05, 4.69) is 9.73 Å². The van der Waals surface area contributed by atoms with Crippen LogP contribution in [0.5, 0.6) is 0 Å². The van der Waals surface area contributed by atoms with Crippen molar-refractivity contribution in [3.05, 3.63) is 11.8 Å². The van der Waals surface area contributed by atoms with E-state index in [1.165, 1.54) is 32.5 Å². The molecular formula is C11H15NO3. The molecular weight excluding hydrogens is 194 g/mol. The first-order valence-electron chi connectivity index (χ1n) is 5.16. The fourth-order valence-electron chi connectivity index (χ4n) is 1.83. The van der Waals surface area contributed by atoms with E-state index in [9.17, 15) is 9.59 Å². The normalized spacial score (nSPS) is 18.1. The van der Waals surface area contributed by atoms with Crippen LogP contribution in [0.4, 0.5) is 0 Å². The van der Waals surface area contributed by atoms with Crippen LogP contribution in [0.2, 0.25) is 0 Å². The van der Waals surface area contributed by atoms with Gasteiger partial charge in [-0.1, -0.05) is 19.3 Å². The number of esters is 1. The molecule has 82 valence electrons. The number of hydrogen-bond acceptors (Lipinski definition) is 4. The van der Waals surface area contributed by atoms with Crippen LogP contribution in [-0.4, -0.2) is 19.2 Å². The number of isocyanates is 1. The van der Waals surface area contributed by atoms with Gasteiger partial charge in [0.15, 0.2) is 5.70 Å². The molecule has 4 nitrogen and oxygen atoms in total. The summed E-state index contributed by atoms with van der Waals surface area (Å²) in [6.07, 6.45) is 8.79. The number of ether oxygens (including phenoxy) is 1. The van der Waals surface area contributed by atoms with E-state index in [1.807, 2.05) is 0 Å². The van der Waals surface area contributed by atoms with E-state index >= 15 is 0 Å². The number of hydrogen-bond donors (Lipinski definition) is 0. The molecule has 0 aromatic carbocycles. The molecule has 1 saturated carbocycles. The number of carbonyl (C=O) groups is 1. The highest BCUT2D eigenvalue weighted by Crippen LogP contribution is 2.25. The third kappa shape index (κ3) is 3.68. The first-order chi connectivity index (χ1) is 7.27. The zero-order valence-corrected chi connectivity index (χ0v) is 8.86. The Morgan fingerprint density at radius 3 is 2.60 bits per heavy atom. The van der Waals surface area contributed by atoms with Crippen molar-refractivity contribution >= 4 is 12.0 Å². The standard InChI is InChI=1S/C11H15NO3/c1-15-11(14)10(12-8-13)7-9-5-3-2-4-6-9/h7,9H,2-6H2,1H3/b10-7-. The second-order valence-electron chi connectivity index (χ2n) is 3.64. The Labute approximate surface area is 89.0 Å². The summed E-state index contributed by atoms with van der Waals surface area (Å²) < 4.78 is 4.53. The van der Waals surface area contributed by atoms with Crippen LogP contribution in [0.25, 0.3) is 0 Å². The average Bonchev–Trinajstić information content (AvgIpc) is 2.29. The molecule has 0 radical (unpaired) electrons. The molecule has 4 heteroatoms. The van der Waals surface area contributed by atoms with Crippen LogP contribution in [-0.2, 0) is 14.3 Å². The van der Waals surface area contributed by atoms with Crippen molar-refractivity contribution < 1.29 is 14.3 Å². The SMILES string of the molecule is COC(=O)/C(=C/C1CCCCC1)N=C=O. The zero-order valence-electron chi connectivity index (χ0n) is 8.86. The van der Waals surface area contributed by atoms with Gasteiger partial charge >= 0.3 is 5.97 Å². The van der Waals surface area contributed by atoms with Crippen LogP contribution in [0.3, 0.4) is 0 Å². The lowest BCUT2D eigenvalue weighted by atomic mass is 9.88. The van der Waals surface area contributed by atoms with Crippen molar-refractivity contribution in [2.24, 2.45) is 10.9 Å². The molecule has 0 spiro atoms. The molecule has 0 saturated heterocycles. The topological polar surface area (TPSA) is 55.7 Å². The Morgan fingerprint density at radius 2 is 2.07 bits per heavy atom. The van der Waals surface area contributed by atoms with Crippen molar-refractivity contribution in [3.8, 4) is 0 Å². The van der Waals surface area contributed by atoms with Gasteiger partial charge in [-0.05, 0) is 24.8 Å². The van der Waals surface area contributed by atoms with Gasteiger partial charge in [-0.25, -0.2) is 9.59 Å². The Kier molecular flexibility index (Phi) is 4.78. The summed E-state index contributed by atoms with van der Waals surface area (Å²) in [5.41, 5.74) is 0.0828. The monoisotopic (exact) mass is 209 g/mol. The maximum Gasteiger partial charge on any atom is 0.357 e. The molecule has 0 amide bonds. The molecule has 0 aromatic rings. The fourth-order valence-corrected chi connectivity index (χ4v) is 1.83. The minimum atomic E-state index is -0.566. The number of allylic oxidation sites excluding steroid dienone is 1. The van der Waals surface area contributed by atoms with E-state index in [0.717, 1.165) is 12.8 Å². The molecule has 0 aliphatic heterocycles. The zero-order chi connectivity index (χ0) is 11.1. The van der Waals surface area contributed by atoms with E-state index < -0.39 is 5.97 Å². The average molecular weight is 209 g/mol. The fraction of sp³-hybridized carbons (Fsp3) is 0.636. The summed E-state index contributed by atoms with van der Waals surface area (Å²) in [6.45, 7) is 0. The molecule has 0 heterocycles. The first-order valence-corrected chi connectivity index (χ1v) is 5.16. The second kappa shape index (κ2) is 6.14. The van der Waals surface area contributed by atoms with Gasteiger partial charge in [0.05, 0.1) is 7.11 Å². The molecule has 1 aliphatic rings. The summed E-state index contributed by atoms with van der Waals surface area (Å²) in [7, 11) is 1.28. The van der Waals surface area contributed by atoms with E-state index in [-0.39, 0.29) is 5.70 Å². The van der Waals surface area contributed by atoms with Crippen molar-refractivity contribution in [1.82, 2.24) is 0 Å². The minimum Gasteiger partial charge on any atom is -0.464 e. The van der Waals surface area contributed by atoms with Gasteiger partial charge in [0.1, 0.15) is 0 Å². The molecule has 1 aliphatic carbocycles. The first kappa shape index (κ1) is 11.7. The lowest BCUT2D eigenvalue weighted by molar-refractivity contribution is -0.136. The Balaban J connectivity index is 2.72. The Morgan fingerprint density at radius 1 is 1.40 bits per heavy atom. The van der Waals surface area contributed by atoms with Crippen LogP contribution in [0, 0.1) is 5.92 Å². The summed E-state index contributed by atoms with van der Waals surface area (Å²) in [5, 5.41) is 0.